The Bertz CT molecular complexity index is 442. The number of halogens is 2. The van der Waals surface area contributed by atoms with Crippen molar-refractivity contribution in [2.75, 3.05) is 0 Å². The zero-order valence-electron chi connectivity index (χ0n) is 6.80. The van der Waals surface area contributed by atoms with E-state index in [-0.39, 0.29) is 5.82 Å². The van der Waals surface area contributed by atoms with Gasteiger partial charge in [-0.25, -0.2) is 4.39 Å². The molecule has 13 heavy (non-hydrogen) atoms. The zero-order valence-corrected chi connectivity index (χ0v) is 8.38. The van der Waals surface area contributed by atoms with Gasteiger partial charge < -0.3 is 0 Å². The van der Waals surface area contributed by atoms with Gasteiger partial charge in [0.2, 0.25) is 0 Å². The molecule has 0 atom stereocenters. The first-order chi connectivity index (χ1) is 6.29. The topological polar surface area (TPSA) is 12.9 Å². The van der Waals surface area contributed by atoms with Crippen molar-refractivity contribution < 1.29 is 4.39 Å². The van der Waals surface area contributed by atoms with Crippen LogP contribution in [0.15, 0.2) is 30.5 Å². The maximum absolute atomic E-state index is 12.8. The summed E-state index contributed by atoms with van der Waals surface area (Å²) in [6.07, 6.45) is 1.79. The number of aromatic nitrogens is 1. The minimum absolute atomic E-state index is 0.221. The molecule has 0 radical (unpaired) electrons. The minimum Gasteiger partial charge on any atom is -0.256 e. The van der Waals surface area contributed by atoms with Crippen LogP contribution in [-0.2, 0) is 5.33 Å². The molecule has 0 N–H and O–H groups in total. The molecule has 0 unspecified atom stereocenters. The lowest BCUT2D eigenvalue weighted by atomic mass is 10.2. The zero-order chi connectivity index (χ0) is 9.26. The van der Waals surface area contributed by atoms with Crippen molar-refractivity contribution in [3.8, 4) is 0 Å². The van der Waals surface area contributed by atoms with Crippen molar-refractivity contribution >= 4 is 26.8 Å². The number of nitrogens with zero attached hydrogens (tertiary/aromatic N) is 1. The van der Waals surface area contributed by atoms with Crippen molar-refractivity contribution in [3.63, 3.8) is 0 Å². The molecule has 0 aliphatic carbocycles. The second kappa shape index (κ2) is 3.42. The highest BCUT2D eigenvalue weighted by atomic mass is 79.9. The van der Waals surface area contributed by atoms with Gasteiger partial charge in [0.15, 0.2) is 0 Å². The van der Waals surface area contributed by atoms with Crippen LogP contribution in [0.1, 0.15) is 5.56 Å². The van der Waals surface area contributed by atoms with E-state index in [4.69, 9.17) is 0 Å². The van der Waals surface area contributed by atoms with E-state index in [1.807, 2.05) is 6.07 Å². The van der Waals surface area contributed by atoms with Gasteiger partial charge in [0.25, 0.3) is 0 Å². The van der Waals surface area contributed by atoms with E-state index in [9.17, 15) is 4.39 Å². The number of rotatable bonds is 1. The van der Waals surface area contributed by atoms with Crippen LogP contribution in [0.25, 0.3) is 10.9 Å². The van der Waals surface area contributed by atoms with Gasteiger partial charge in [0, 0.05) is 16.9 Å². The van der Waals surface area contributed by atoms with Crippen LogP contribution in [0.5, 0.6) is 0 Å². The number of hydrogen-bond donors (Lipinski definition) is 0. The number of hydrogen-bond acceptors (Lipinski definition) is 1. The van der Waals surface area contributed by atoms with Crippen LogP contribution in [0.2, 0.25) is 0 Å². The molecular formula is C10H7BrFN. The van der Waals surface area contributed by atoms with E-state index in [1.165, 1.54) is 12.1 Å². The summed E-state index contributed by atoms with van der Waals surface area (Å²) in [5.74, 6) is -0.221. The summed E-state index contributed by atoms with van der Waals surface area (Å²) < 4.78 is 12.8. The Morgan fingerprint density at radius 2 is 2.15 bits per heavy atom. The Hall–Kier alpha value is -0.960. The highest BCUT2D eigenvalue weighted by molar-refractivity contribution is 9.08. The second-order valence-electron chi connectivity index (χ2n) is 2.81. The fraction of sp³-hybridized carbons (Fsp3) is 0.100. The molecule has 2 rings (SSSR count). The molecule has 0 saturated carbocycles. The third-order valence-electron chi connectivity index (χ3n) is 1.85. The van der Waals surface area contributed by atoms with Crippen LogP contribution in [-0.4, -0.2) is 4.98 Å². The molecule has 1 aromatic carbocycles. The Morgan fingerprint density at radius 1 is 1.31 bits per heavy atom. The molecule has 0 amide bonds. The predicted octanol–water partition coefficient (Wildman–Crippen LogP) is 3.27. The highest BCUT2D eigenvalue weighted by Gasteiger charge is 1.98. The largest absolute Gasteiger partial charge is 0.256 e. The van der Waals surface area contributed by atoms with Gasteiger partial charge in [0.1, 0.15) is 5.82 Å². The van der Waals surface area contributed by atoms with E-state index in [2.05, 4.69) is 20.9 Å². The van der Waals surface area contributed by atoms with Crippen LogP contribution in [0.3, 0.4) is 0 Å². The van der Waals surface area contributed by atoms with E-state index >= 15 is 0 Å². The smallest absolute Gasteiger partial charge is 0.123 e. The van der Waals surface area contributed by atoms with Crippen molar-refractivity contribution in [1.29, 1.82) is 0 Å². The molecule has 0 spiro atoms. The normalized spacial score (nSPS) is 10.6. The SMILES string of the molecule is Fc1ccc2ncc(CBr)cc2c1. The molecule has 0 aliphatic heterocycles. The minimum atomic E-state index is -0.221. The summed E-state index contributed by atoms with van der Waals surface area (Å²) in [7, 11) is 0. The van der Waals surface area contributed by atoms with Crippen LogP contribution >= 0.6 is 15.9 Å². The van der Waals surface area contributed by atoms with Gasteiger partial charge >= 0.3 is 0 Å². The molecule has 3 heteroatoms. The van der Waals surface area contributed by atoms with Gasteiger partial charge in [-0.05, 0) is 29.8 Å². The third kappa shape index (κ3) is 1.70. The Labute approximate surface area is 83.7 Å². The summed E-state index contributed by atoms with van der Waals surface area (Å²) in [6.45, 7) is 0. The van der Waals surface area contributed by atoms with Gasteiger partial charge in [0.05, 0.1) is 5.52 Å². The standard InChI is InChI=1S/C10H7BrFN/c11-5-7-3-8-4-9(12)1-2-10(8)13-6-7/h1-4,6H,5H2. The molecule has 0 saturated heterocycles. The van der Waals surface area contributed by atoms with Crippen LogP contribution in [0, 0.1) is 5.82 Å². The van der Waals surface area contributed by atoms with E-state index < -0.39 is 0 Å². The number of pyridine rings is 1. The summed E-state index contributed by atoms with van der Waals surface area (Å²) in [5, 5.41) is 1.59. The molecule has 66 valence electrons. The molecule has 2 aromatic rings. The lowest BCUT2D eigenvalue weighted by Gasteiger charge is -1.99. The maximum atomic E-state index is 12.8. The fourth-order valence-electron chi connectivity index (χ4n) is 1.22. The van der Waals surface area contributed by atoms with E-state index in [1.54, 1.807) is 12.3 Å². The van der Waals surface area contributed by atoms with Crippen molar-refractivity contribution in [2.24, 2.45) is 0 Å². The van der Waals surface area contributed by atoms with Crippen molar-refractivity contribution in [3.05, 3.63) is 41.8 Å². The number of fused-ring (bicyclic) bond motifs is 1. The quantitative estimate of drug-likeness (QED) is 0.697. The first-order valence-electron chi connectivity index (χ1n) is 3.90. The lowest BCUT2D eigenvalue weighted by Crippen LogP contribution is -1.84. The molecule has 0 fully saturated rings. The molecular weight excluding hydrogens is 233 g/mol. The van der Waals surface area contributed by atoms with Gasteiger partial charge in [-0.1, -0.05) is 15.9 Å². The van der Waals surface area contributed by atoms with E-state index in [0.29, 0.717) is 0 Å². The Kier molecular flexibility index (Phi) is 2.27. The molecule has 1 heterocycles. The summed E-state index contributed by atoms with van der Waals surface area (Å²) >= 11 is 3.33. The predicted molar refractivity (Wildman–Crippen MR) is 54.3 cm³/mol. The average Bonchev–Trinajstić information content (AvgIpc) is 2.16. The summed E-state index contributed by atoms with van der Waals surface area (Å²) in [6, 6.07) is 6.53. The number of alkyl halides is 1. The van der Waals surface area contributed by atoms with Gasteiger partial charge in [-0.15, -0.1) is 0 Å². The monoisotopic (exact) mass is 239 g/mol. The van der Waals surface area contributed by atoms with Gasteiger partial charge in [-0.3, -0.25) is 4.98 Å². The van der Waals surface area contributed by atoms with Gasteiger partial charge in [-0.2, -0.15) is 0 Å². The molecule has 0 bridgehead atoms. The Balaban J connectivity index is 2.68. The number of benzene rings is 1. The van der Waals surface area contributed by atoms with E-state index in [0.717, 1.165) is 21.8 Å². The Morgan fingerprint density at radius 3 is 2.92 bits per heavy atom. The molecule has 1 aromatic heterocycles. The first-order valence-corrected chi connectivity index (χ1v) is 5.02. The van der Waals surface area contributed by atoms with Crippen LogP contribution in [0.4, 0.5) is 4.39 Å². The van der Waals surface area contributed by atoms with Crippen LogP contribution < -0.4 is 0 Å². The fourth-order valence-corrected chi connectivity index (χ4v) is 1.53. The first kappa shape index (κ1) is 8.63. The maximum Gasteiger partial charge on any atom is 0.123 e. The highest BCUT2D eigenvalue weighted by Crippen LogP contribution is 2.15. The lowest BCUT2D eigenvalue weighted by molar-refractivity contribution is 0.629. The third-order valence-corrected chi connectivity index (χ3v) is 2.50. The molecule has 1 nitrogen and oxygen atoms in total. The second-order valence-corrected chi connectivity index (χ2v) is 3.37. The van der Waals surface area contributed by atoms with Crippen molar-refractivity contribution in [1.82, 2.24) is 4.98 Å². The van der Waals surface area contributed by atoms with Crippen molar-refractivity contribution in [2.45, 2.75) is 5.33 Å². The molecule has 0 aliphatic rings. The summed E-state index contributed by atoms with van der Waals surface area (Å²) in [4.78, 5) is 4.20. The summed E-state index contributed by atoms with van der Waals surface area (Å²) in [5.41, 5.74) is 1.88. The average molecular weight is 240 g/mol.